The van der Waals surface area contributed by atoms with Crippen LogP contribution in [0.1, 0.15) is 33.1 Å². The van der Waals surface area contributed by atoms with Crippen LogP contribution in [0.2, 0.25) is 0 Å². The average Bonchev–Trinajstić information content (AvgIpc) is 2.35. The van der Waals surface area contributed by atoms with Gasteiger partial charge in [0.05, 0.1) is 5.54 Å². The molecule has 2 saturated carbocycles. The van der Waals surface area contributed by atoms with Crippen LogP contribution >= 0.6 is 0 Å². The molecule has 74 valence electrons. The van der Waals surface area contributed by atoms with Gasteiger partial charge in [-0.15, -0.1) is 0 Å². The van der Waals surface area contributed by atoms with Crippen molar-refractivity contribution in [2.75, 3.05) is 14.1 Å². The van der Waals surface area contributed by atoms with Crippen molar-refractivity contribution in [1.29, 1.82) is 0 Å². The fraction of sp³-hybridized carbons (Fsp3) is 0.909. The largest absolute Gasteiger partial charge is 0.298 e. The molecule has 0 saturated heterocycles. The minimum atomic E-state index is -0.141. The standard InChI is InChI=1S/C11H19NO/c1-10(2)8-5-6-11(10,12(3)4)9(13)7-8/h8H,5-7H2,1-4H3. The van der Waals surface area contributed by atoms with Crippen LogP contribution in [0.3, 0.4) is 0 Å². The quantitative estimate of drug-likeness (QED) is 0.613. The molecular weight excluding hydrogens is 162 g/mol. The van der Waals surface area contributed by atoms with Gasteiger partial charge >= 0.3 is 0 Å². The highest BCUT2D eigenvalue weighted by molar-refractivity contribution is 5.93. The molecule has 2 bridgehead atoms. The van der Waals surface area contributed by atoms with Crippen molar-refractivity contribution in [3.05, 3.63) is 0 Å². The Balaban J connectivity index is 2.49. The Morgan fingerprint density at radius 3 is 2.23 bits per heavy atom. The van der Waals surface area contributed by atoms with E-state index in [0.29, 0.717) is 11.7 Å². The summed E-state index contributed by atoms with van der Waals surface area (Å²) in [6.07, 6.45) is 3.11. The van der Waals surface area contributed by atoms with E-state index in [1.54, 1.807) is 0 Å². The highest BCUT2D eigenvalue weighted by Gasteiger charge is 2.65. The van der Waals surface area contributed by atoms with Gasteiger partial charge in [0.15, 0.2) is 5.78 Å². The third kappa shape index (κ3) is 0.804. The second-order valence-electron chi connectivity index (χ2n) is 5.34. The molecule has 0 heterocycles. The predicted molar refractivity (Wildman–Crippen MR) is 52.5 cm³/mol. The highest BCUT2D eigenvalue weighted by atomic mass is 16.1. The summed E-state index contributed by atoms with van der Waals surface area (Å²) >= 11 is 0. The molecule has 2 nitrogen and oxygen atoms in total. The number of Topliss-reactive ketones (excluding diaryl/α,β-unsaturated/α-hetero) is 1. The van der Waals surface area contributed by atoms with E-state index < -0.39 is 0 Å². The molecule has 2 aliphatic rings. The molecule has 2 atom stereocenters. The summed E-state index contributed by atoms with van der Waals surface area (Å²) in [5, 5.41) is 0. The molecule has 0 radical (unpaired) electrons. The van der Waals surface area contributed by atoms with Gasteiger partial charge in [-0.2, -0.15) is 0 Å². The van der Waals surface area contributed by atoms with Crippen molar-refractivity contribution in [1.82, 2.24) is 4.90 Å². The van der Waals surface area contributed by atoms with Crippen molar-refractivity contribution >= 4 is 5.78 Å². The van der Waals surface area contributed by atoms with Gasteiger partial charge < -0.3 is 0 Å². The first kappa shape index (κ1) is 9.20. The first-order chi connectivity index (χ1) is 5.93. The Labute approximate surface area is 80.3 Å². The zero-order chi connectivity index (χ0) is 9.85. The number of rotatable bonds is 1. The van der Waals surface area contributed by atoms with E-state index in [-0.39, 0.29) is 11.0 Å². The Morgan fingerprint density at radius 1 is 1.38 bits per heavy atom. The molecule has 2 unspecified atom stereocenters. The van der Waals surface area contributed by atoms with Crippen LogP contribution < -0.4 is 0 Å². The smallest absolute Gasteiger partial charge is 0.153 e. The van der Waals surface area contributed by atoms with E-state index in [1.165, 1.54) is 6.42 Å². The molecule has 0 aromatic rings. The van der Waals surface area contributed by atoms with Gasteiger partial charge in [-0.25, -0.2) is 0 Å². The summed E-state index contributed by atoms with van der Waals surface area (Å²) in [4.78, 5) is 14.1. The molecule has 0 amide bonds. The molecule has 0 aliphatic heterocycles. The van der Waals surface area contributed by atoms with E-state index in [0.717, 1.165) is 12.8 Å². The van der Waals surface area contributed by atoms with E-state index >= 15 is 0 Å². The Kier molecular flexibility index (Phi) is 1.66. The summed E-state index contributed by atoms with van der Waals surface area (Å²) in [5.74, 6) is 1.10. The zero-order valence-corrected chi connectivity index (χ0v) is 9.05. The maximum Gasteiger partial charge on any atom is 0.153 e. The number of nitrogens with zero attached hydrogens (tertiary/aromatic N) is 1. The van der Waals surface area contributed by atoms with E-state index in [9.17, 15) is 4.79 Å². The van der Waals surface area contributed by atoms with Crippen molar-refractivity contribution in [3.8, 4) is 0 Å². The molecule has 0 N–H and O–H groups in total. The molecule has 2 rings (SSSR count). The number of hydrogen-bond acceptors (Lipinski definition) is 2. The summed E-state index contributed by atoms with van der Waals surface area (Å²) in [6, 6.07) is 0. The molecule has 2 heteroatoms. The summed E-state index contributed by atoms with van der Waals surface area (Å²) < 4.78 is 0. The lowest BCUT2D eigenvalue weighted by molar-refractivity contribution is -0.130. The molecule has 2 fully saturated rings. The Morgan fingerprint density at radius 2 is 2.00 bits per heavy atom. The first-order valence-corrected chi connectivity index (χ1v) is 5.13. The number of carbonyl (C=O) groups excluding carboxylic acids is 1. The van der Waals surface area contributed by atoms with Crippen LogP contribution in [-0.2, 0) is 4.79 Å². The van der Waals surface area contributed by atoms with Crippen LogP contribution in [0.5, 0.6) is 0 Å². The summed E-state index contributed by atoms with van der Waals surface area (Å²) in [6.45, 7) is 4.52. The average molecular weight is 181 g/mol. The van der Waals surface area contributed by atoms with Crippen molar-refractivity contribution in [2.24, 2.45) is 11.3 Å². The van der Waals surface area contributed by atoms with Gasteiger partial charge in [0.1, 0.15) is 0 Å². The molecule has 0 aromatic heterocycles. The van der Waals surface area contributed by atoms with E-state index in [1.807, 2.05) is 14.1 Å². The van der Waals surface area contributed by atoms with Gasteiger partial charge in [-0.05, 0) is 38.3 Å². The van der Waals surface area contributed by atoms with Gasteiger partial charge in [0.25, 0.3) is 0 Å². The molecule has 2 aliphatic carbocycles. The second-order valence-corrected chi connectivity index (χ2v) is 5.34. The van der Waals surface area contributed by atoms with Crippen LogP contribution in [0, 0.1) is 11.3 Å². The van der Waals surface area contributed by atoms with Crippen LogP contribution in [0.15, 0.2) is 0 Å². The predicted octanol–water partition coefficient (Wildman–Crippen LogP) is 1.70. The number of fused-ring (bicyclic) bond motifs is 2. The lowest BCUT2D eigenvalue weighted by Crippen LogP contribution is -2.54. The highest BCUT2D eigenvalue weighted by Crippen LogP contribution is 2.60. The Hall–Kier alpha value is -0.370. The molecule has 0 aromatic carbocycles. The number of carbonyl (C=O) groups is 1. The van der Waals surface area contributed by atoms with Crippen LogP contribution in [0.4, 0.5) is 0 Å². The third-order valence-electron chi connectivity index (χ3n) is 4.60. The maximum absolute atomic E-state index is 12.0. The van der Waals surface area contributed by atoms with Gasteiger partial charge in [-0.3, -0.25) is 9.69 Å². The lowest BCUT2D eigenvalue weighted by Gasteiger charge is -2.42. The van der Waals surface area contributed by atoms with Crippen molar-refractivity contribution in [3.63, 3.8) is 0 Å². The van der Waals surface area contributed by atoms with Gasteiger partial charge in [0, 0.05) is 6.42 Å². The second kappa shape index (κ2) is 2.35. The SMILES string of the molecule is CN(C)C12CCC(CC1=O)C2(C)C. The van der Waals surface area contributed by atoms with Gasteiger partial charge in [-0.1, -0.05) is 13.8 Å². The zero-order valence-electron chi connectivity index (χ0n) is 9.05. The molecule has 0 spiro atoms. The summed E-state index contributed by atoms with van der Waals surface area (Å²) in [5.41, 5.74) is 0.0469. The fourth-order valence-corrected chi connectivity index (χ4v) is 3.70. The minimum absolute atomic E-state index is 0.141. The molecular formula is C11H19NO. The third-order valence-corrected chi connectivity index (χ3v) is 4.60. The van der Waals surface area contributed by atoms with Crippen LogP contribution in [0.25, 0.3) is 0 Å². The minimum Gasteiger partial charge on any atom is -0.298 e. The lowest BCUT2D eigenvalue weighted by atomic mass is 9.75. The van der Waals surface area contributed by atoms with Gasteiger partial charge in [0.2, 0.25) is 0 Å². The number of ketones is 1. The van der Waals surface area contributed by atoms with E-state index in [4.69, 9.17) is 0 Å². The monoisotopic (exact) mass is 181 g/mol. The summed E-state index contributed by atoms with van der Waals surface area (Å²) in [7, 11) is 4.10. The number of likely N-dealkylation sites (N-methyl/N-ethyl adjacent to an activating group) is 1. The topological polar surface area (TPSA) is 20.3 Å². The Bertz CT molecular complexity index is 257. The van der Waals surface area contributed by atoms with Crippen LogP contribution in [-0.4, -0.2) is 30.3 Å². The van der Waals surface area contributed by atoms with Crippen molar-refractivity contribution < 1.29 is 4.79 Å². The maximum atomic E-state index is 12.0. The number of hydrogen-bond donors (Lipinski definition) is 0. The first-order valence-electron chi connectivity index (χ1n) is 5.13. The molecule has 13 heavy (non-hydrogen) atoms. The normalized spacial score (nSPS) is 41.9. The van der Waals surface area contributed by atoms with E-state index in [2.05, 4.69) is 18.7 Å². The fourth-order valence-electron chi connectivity index (χ4n) is 3.70. The van der Waals surface area contributed by atoms with Crippen molar-refractivity contribution in [2.45, 2.75) is 38.6 Å².